The first-order valence-electron chi connectivity index (χ1n) is 9.72. The zero-order chi connectivity index (χ0) is 21.8. The second kappa shape index (κ2) is 8.67. The number of aromatic nitrogens is 1. The number of pyridine rings is 1. The highest BCUT2D eigenvalue weighted by molar-refractivity contribution is 6.04. The van der Waals surface area contributed by atoms with Crippen LogP contribution in [-0.2, 0) is 11.3 Å². The number of carbonyl (C=O) groups excluding carboxylic acids is 1. The number of aromatic hydroxyl groups is 1. The van der Waals surface area contributed by atoms with Gasteiger partial charge in [-0.25, -0.2) is 0 Å². The van der Waals surface area contributed by atoms with E-state index in [0.717, 1.165) is 5.56 Å². The fourth-order valence-electron chi connectivity index (χ4n) is 3.25. The lowest BCUT2D eigenvalue weighted by Gasteiger charge is -2.22. The van der Waals surface area contributed by atoms with Crippen LogP contribution in [0.15, 0.2) is 88.4 Å². The van der Waals surface area contributed by atoms with Crippen LogP contribution in [0.4, 0.5) is 5.69 Å². The summed E-state index contributed by atoms with van der Waals surface area (Å²) >= 11 is 0. The third kappa shape index (κ3) is 4.38. The maximum absolute atomic E-state index is 13.1. The third-order valence-electron chi connectivity index (χ3n) is 4.85. The minimum absolute atomic E-state index is 0.0270. The average Bonchev–Trinajstić information content (AvgIpc) is 2.78. The highest BCUT2D eigenvalue weighted by atomic mass is 16.3. The fourth-order valence-corrected chi connectivity index (χ4v) is 3.25. The quantitative estimate of drug-likeness (QED) is 0.490. The lowest BCUT2D eigenvalue weighted by atomic mass is 10.1. The summed E-state index contributed by atoms with van der Waals surface area (Å²) in [4.78, 5) is 31.5. The number of fused-ring (bicyclic) bond motifs is 1. The van der Waals surface area contributed by atoms with Crippen molar-refractivity contribution in [2.24, 2.45) is 0 Å². The smallest absolute Gasteiger partial charge is 0.251 e. The highest BCUT2D eigenvalue weighted by Gasteiger charge is 2.18. The Morgan fingerprint density at radius 2 is 1.94 bits per heavy atom. The molecule has 0 fully saturated rings. The number of hydrogen-bond acceptors (Lipinski definition) is 5. The molecule has 6 heteroatoms. The molecule has 2 heterocycles. The van der Waals surface area contributed by atoms with E-state index in [1.807, 2.05) is 19.1 Å². The molecule has 2 aromatic carbocycles. The first-order valence-corrected chi connectivity index (χ1v) is 9.72. The molecule has 0 aliphatic carbocycles. The number of hydrogen-bond donors (Lipinski definition) is 1. The second-order valence-corrected chi connectivity index (χ2v) is 7.09. The van der Waals surface area contributed by atoms with Gasteiger partial charge in [0.05, 0.1) is 28.9 Å². The number of nitrogens with zero attached hydrogens (tertiary/aromatic N) is 2. The molecule has 4 rings (SSSR count). The average molecular weight is 412 g/mol. The second-order valence-electron chi connectivity index (χ2n) is 7.09. The zero-order valence-electron chi connectivity index (χ0n) is 16.9. The van der Waals surface area contributed by atoms with E-state index in [9.17, 15) is 14.7 Å². The van der Waals surface area contributed by atoms with Crippen LogP contribution in [0.25, 0.3) is 17.0 Å². The predicted octanol–water partition coefficient (Wildman–Crippen LogP) is 4.45. The summed E-state index contributed by atoms with van der Waals surface area (Å²) in [5, 5.41) is 10.7. The highest BCUT2D eigenvalue weighted by Crippen LogP contribution is 2.28. The van der Waals surface area contributed by atoms with Crippen molar-refractivity contribution >= 4 is 28.6 Å². The number of rotatable bonds is 5. The van der Waals surface area contributed by atoms with Crippen molar-refractivity contribution < 1.29 is 14.3 Å². The number of amides is 1. The monoisotopic (exact) mass is 412 g/mol. The van der Waals surface area contributed by atoms with Crippen molar-refractivity contribution in [3.05, 3.63) is 106 Å². The molecule has 0 unspecified atom stereocenters. The van der Waals surface area contributed by atoms with E-state index in [1.54, 1.807) is 48.7 Å². The van der Waals surface area contributed by atoms with Crippen molar-refractivity contribution in [2.45, 2.75) is 13.5 Å². The van der Waals surface area contributed by atoms with Gasteiger partial charge in [-0.05, 0) is 49.4 Å². The summed E-state index contributed by atoms with van der Waals surface area (Å²) in [5.74, 6) is -0.434. The Morgan fingerprint density at radius 1 is 1.13 bits per heavy atom. The Balaban J connectivity index is 1.68. The van der Waals surface area contributed by atoms with Gasteiger partial charge in [-0.2, -0.15) is 0 Å². The van der Waals surface area contributed by atoms with Gasteiger partial charge in [0.1, 0.15) is 17.6 Å². The number of phenols is 1. The van der Waals surface area contributed by atoms with Crippen LogP contribution in [-0.4, -0.2) is 16.0 Å². The first-order chi connectivity index (χ1) is 15.0. The molecule has 2 aromatic heterocycles. The van der Waals surface area contributed by atoms with Crippen molar-refractivity contribution in [1.82, 2.24) is 4.98 Å². The molecule has 31 heavy (non-hydrogen) atoms. The van der Waals surface area contributed by atoms with Gasteiger partial charge in [-0.15, -0.1) is 0 Å². The van der Waals surface area contributed by atoms with Gasteiger partial charge in [0, 0.05) is 12.3 Å². The molecule has 0 bridgehead atoms. The summed E-state index contributed by atoms with van der Waals surface area (Å²) in [5.41, 5.74) is 2.50. The molecule has 0 radical (unpaired) electrons. The van der Waals surface area contributed by atoms with E-state index in [4.69, 9.17) is 4.42 Å². The Hall–Kier alpha value is -4.19. The summed E-state index contributed by atoms with van der Waals surface area (Å²) in [6.07, 6.45) is 5.71. The first kappa shape index (κ1) is 20.1. The summed E-state index contributed by atoms with van der Waals surface area (Å²) in [6.45, 7) is 2.06. The Bertz CT molecular complexity index is 1330. The topological polar surface area (TPSA) is 83.6 Å². The standard InChI is InChI=1S/C25H20N2O4/c1-17-9-11-23-20(14-17)25(30)18(16-31-23)10-12-24(29)27(15-19-6-4-5-13-26-19)21-7-2-3-8-22(21)28/h2-14,16,28H,15H2,1H3/b12-10+. The number of phenolic OH excluding ortho intramolecular Hbond substituents is 1. The summed E-state index contributed by atoms with van der Waals surface area (Å²) < 4.78 is 5.54. The zero-order valence-corrected chi connectivity index (χ0v) is 16.9. The van der Waals surface area contributed by atoms with Crippen molar-refractivity contribution in [2.75, 3.05) is 4.90 Å². The van der Waals surface area contributed by atoms with Gasteiger partial charge >= 0.3 is 0 Å². The van der Waals surface area contributed by atoms with Gasteiger partial charge in [0.25, 0.3) is 5.91 Å². The molecule has 6 nitrogen and oxygen atoms in total. The number of anilines is 1. The van der Waals surface area contributed by atoms with E-state index in [2.05, 4.69) is 4.98 Å². The largest absolute Gasteiger partial charge is 0.506 e. The van der Waals surface area contributed by atoms with Crippen LogP contribution in [0.1, 0.15) is 16.8 Å². The van der Waals surface area contributed by atoms with Gasteiger partial charge in [-0.3, -0.25) is 19.5 Å². The molecule has 0 saturated carbocycles. The summed E-state index contributed by atoms with van der Waals surface area (Å²) in [6, 6.07) is 17.4. The van der Waals surface area contributed by atoms with E-state index in [1.165, 1.54) is 29.4 Å². The predicted molar refractivity (Wildman–Crippen MR) is 120 cm³/mol. The normalized spacial score (nSPS) is 11.1. The van der Waals surface area contributed by atoms with Gasteiger partial charge in [-0.1, -0.05) is 29.8 Å². The lowest BCUT2D eigenvalue weighted by Crippen LogP contribution is -2.29. The minimum atomic E-state index is -0.407. The molecular formula is C25H20N2O4. The van der Waals surface area contributed by atoms with Gasteiger partial charge in [0.2, 0.25) is 0 Å². The maximum atomic E-state index is 13.1. The molecule has 0 atom stereocenters. The van der Waals surface area contributed by atoms with E-state index in [-0.39, 0.29) is 23.3 Å². The van der Waals surface area contributed by atoms with Crippen LogP contribution in [0.3, 0.4) is 0 Å². The van der Waals surface area contributed by atoms with Crippen LogP contribution in [0.5, 0.6) is 5.75 Å². The van der Waals surface area contributed by atoms with Crippen LogP contribution >= 0.6 is 0 Å². The molecule has 0 spiro atoms. The molecule has 1 amide bonds. The number of carbonyl (C=O) groups is 1. The molecule has 4 aromatic rings. The van der Waals surface area contributed by atoms with Gasteiger partial charge < -0.3 is 9.52 Å². The maximum Gasteiger partial charge on any atom is 0.251 e. The number of aryl methyl sites for hydroxylation is 1. The molecule has 1 N–H and O–H groups in total. The molecule has 0 aliphatic heterocycles. The Labute approximate surface area is 178 Å². The molecule has 0 saturated heterocycles. The van der Waals surface area contributed by atoms with Crippen LogP contribution < -0.4 is 10.3 Å². The van der Waals surface area contributed by atoms with Crippen LogP contribution in [0.2, 0.25) is 0 Å². The van der Waals surface area contributed by atoms with E-state index in [0.29, 0.717) is 22.4 Å². The Kier molecular flexibility index (Phi) is 5.62. The third-order valence-corrected chi connectivity index (χ3v) is 4.85. The SMILES string of the molecule is Cc1ccc2occ(/C=C/C(=O)N(Cc3ccccn3)c3ccccc3O)c(=O)c2c1. The van der Waals surface area contributed by atoms with Gasteiger partial charge in [0.15, 0.2) is 5.43 Å². The lowest BCUT2D eigenvalue weighted by molar-refractivity contribution is -0.114. The van der Waals surface area contributed by atoms with Crippen molar-refractivity contribution in [3.63, 3.8) is 0 Å². The molecule has 0 aliphatic rings. The van der Waals surface area contributed by atoms with Crippen LogP contribution in [0, 0.1) is 6.92 Å². The molecular weight excluding hydrogens is 392 g/mol. The van der Waals surface area contributed by atoms with E-state index >= 15 is 0 Å². The van der Waals surface area contributed by atoms with E-state index < -0.39 is 5.91 Å². The molecule has 154 valence electrons. The summed E-state index contributed by atoms with van der Waals surface area (Å²) in [7, 11) is 0. The minimum Gasteiger partial charge on any atom is -0.506 e. The number of benzene rings is 2. The number of para-hydroxylation sites is 2. The Morgan fingerprint density at radius 3 is 2.71 bits per heavy atom. The fraction of sp³-hybridized carbons (Fsp3) is 0.0800. The van der Waals surface area contributed by atoms with Crippen molar-refractivity contribution in [3.8, 4) is 5.75 Å². The van der Waals surface area contributed by atoms with Crippen molar-refractivity contribution in [1.29, 1.82) is 0 Å².